The van der Waals surface area contributed by atoms with Gasteiger partial charge in [0.2, 0.25) is 23.6 Å². The Morgan fingerprint density at radius 1 is 0.875 bits per heavy atom. The number of amides is 5. The largest absolute Gasteiger partial charge is 0.480 e. The van der Waals surface area contributed by atoms with Crippen molar-refractivity contribution in [3.8, 4) is 0 Å². The second-order valence-electron chi connectivity index (χ2n) is 19.2. The normalized spacial score (nSPS) is 18.0. The molecule has 0 unspecified atom stereocenters. The molecule has 0 bridgehead atoms. The molecule has 364 valence electrons. The van der Waals surface area contributed by atoms with Crippen LogP contribution in [-0.2, 0) is 44.6 Å². The van der Waals surface area contributed by atoms with Gasteiger partial charge in [-0.3, -0.25) is 19.2 Å². The average molecular weight is 903 g/mol. The molecule has 1 fully saturated rings. The van der Waals surface area contributed by atoms with E-state index in [-0.39, 0.29) is 54.4 Å². The Balaban J connectivity index is 2.18. The first-order valence-electron chi connectivity index (χ1n) is 23.2. The Labute approximate surface area is 383 Å². The summed E-state index contributed by atoms with van der Waals surface area (Å²) in [5.74, 6) is -3.61. The van der Waals surface area contributed by atoms with Gasteiger partial charge in [-0.2, -0.15) is 0 Å². The monoisotopic (exact) mass is 903 g/mol. The Hall–Kier alpha value is -4.28. The molecule has 0 aliphatic carbocycles. The summed E-state index contributed by atoms with van der Waals surface area (Å²) in [6.07, 6.45) is 1.68. The second-order valence-corrected chi connectivity index (χ2v) is 19.2. The summed E-state index contributed by atoms with van der Waals surface area (Å²) >= 11 is 0. The van der Waals surface area contributed by atoms with Crippen molar-refractivity contribution in [1.82, 2.24) is 30.7 Å². The quantitative estimate of drug-likeness (QED) is 0.0902. The van der Waals surface area contributed by atoms with E-state index in [2.05, 4.69) is 16.0 Å². The second kappa shape index (κ2) is 26.6. The number of hydrogen-bond donors (Lipinski definition) is 4. The Bertz CT molecular complexity index is 1640. The molecule has 0 radical (unpaired) electrons. The molecule has 0 spiro atoms. The van der Waals surface area contributed by atoms with Crippen LogP contribution in [0.25, 0.3) is 0 Å². The minimum absolute atomic E-state index is 0.0413. The van der Waals surface area contributed by atoms with Crippen LogP contribution in [0.4, 0.5) is 4.79 Å². The maximum absolute atomic E-state index is 14.5. The molecule has 2 rings (SSSR count). The van der Waals surface area contributed by atoms with Crippen LogP contribution in [0.5, 0.6) is 0 Å². The number of carbonyl (C=O) groups excluding carboxylic acids is 5. The van der Waals surface area contributed by atoms with Crippen LogP contribution in [-0.4, -0.2) is 151 Å². The molecule has 1 saturated heterocycles. The molecular weight excluding hydrogens is 821 g/mol. The molecule has 1 aromatic carbocycles. The van der Waals surface area contributed by atoms with Crippen LogP contribution in [0.15, 0.2) is 30.3 Å². The van der Waals surface area contributed by atoms with E-state index in [9.17, 15) is 33.9 Å². The van der Waals surface area contributed by atoms with Gasteiger partial charge >= 0.3 is 12.1 Å². The SMILES string of the molecule is CC[C@H](C)[C@@H]([C@@H](CC(=O)N1CCC[C@H]1[C@H](OC)[C@@H](C)C(=O)N[C@@H](Cc1ccccc1)C(=O)O)OC)N(C)C(=O)[C@@H](NC(=O)[C@@H](NCCCCN(C)C(=O)OC(C)(C)C)C(C)C)C(C)C. The van der Waals surface area contributed by atoms with Crippen LogP contribution >= 0.6 is 0 Å². The summed E-state index contributed by atoms with van der Waals surface area (Å²) < 4.78 is 17.4. The van der Waals surface area contributed by atoms with Crippen molar-refractivity contribution in [2.24, 2.45) is 23.7 Å². The van der Waals surface area contributed by atoms with Crippen LogP contribution in [0.2, 0.25) is 0 Å². The third kappa shape index (κ3) is 16.9. The van der Waals surface area contributed by atoms with Crippen molar-refractivity contribution < 1.29 is 48.1 Å². The predicted octanol–water partition coefficient (Wildman–Crippen LogP) is 5.12. The van der Waals surface area contributed by atoms with E-state index in [0.717, 1.165) is 5.56 Å². The molecule has 1 aliphatic rings. The fourth-order valence-corrected chi connectivity index (χ4v) is 8.43. The molecule has 9 atom stereocenters. The van der Waals surface area contributed by atoms with Gasteiger partial charge in [-0.1, -0.05) is 85.2 Å². The fourth-order valence-electron chi connectivity index (χ4n) is 8.43. The van der Waals surface area contributed by atoms with Gasteiger partial charge in [0.15, 0.2) is 0 Å². The molecule has 0 saturated carbocycles. The molecule has 16 heteroatoms. The summed E-state index contributed by atoms with van der Waals surface area (Å²) in [5.41, 5.74) is 0.197. The number of nitrogens with one attached hydrogen (secondary N) is 3. The smallest absolute Gasteiger partial charge is 0.410 e. The van der Waals surface area contributed by atoms with Gasteiger partial charge in [-0.25, -0.2) is 9.59 Å². The molecule has 1 aromatic rings. The van der Waals surface area contributed by atoms with Gasteiger partial charge in [0.25, 0.3) is 0 Å². The highest BCUT2D eigenvalue weighted by molar-refractivity contribution is 5.90. The van der Waals surface area contributed by atoms with Crippen molar-refractivity contribution in [3.05, 3.63) is 35.9 Å². The number of hydrogen-bond acceptors (Lipinski definition) is 10. The van der Waals surface area contributed by atoms with E-state index in [1.807, 2.05) is 92.6 Å². The van der Waals surface area contributed by atoms with Gasteiger partial charge in [0.1, 0.15) is 17.7 Å². The molecule has 5 amide bonds. The van der Waals surface area contributed by atoms with Gasteiger partial charge < -0.3 is 50.0 Å². The highest BCUT2D eigenvalue weighted by atomic mass is 16.6. The molecular formula is C48H82N6O10. The Kier molecular flexibility index (Phi) is 23.2. The zero-order chi connectivity index (χ0) is 48.5. The lowest BCUT2D eigenvalue weighted by atomic mass is 9.89. The number of ether oxygens (including phenoxy) is 3. The van der Waals surface area contributed by atoms with Crippen molar-refractivity contribution in [1.29, 1.82) is 0 Å². The van der Waals surface area contributed by atoms with Crippen LogP contribution in [0, 0.1) is 23.7 Å². The summed E-state index contributed by atoms with van der Waals surface area (Å²) in [7, 11) is 6.42. The zero-order valence-electron chi connectivity index (χ0n) is 41.3. The van der Waals surface area contributed by atoms with E-state index in [4.69, 9.17) is 14.2 Å². The first-order valence-corrected chi connectivity index (χ1v) is 23.2. The van der Waals surface area contributed by atoms with E-state index < -0.39 is 65.8 Å². The van der Waals surface area contributed by atoms with Gasteiger partial charge in [-0.05, 0) is 76.3 Å². The summed E-state index contributed by atoms with van der Waals surface area (Å²) in [4.78, 5) is 85.6. The summed E-state index contributed by atoms with van der Waals surface area (Å²) in [5, 5.41) is 19.0. The van der Waals surface area contributed by atoms with Crippen molar-refractivity contribution in [2.45, 2.75) is 162 Å². The number of benzene rings is 1. The highest BCUT2D eigenvalue weighted by Crippen LogP contribution is 2.30. The van der Waals surface area contributed by atoms with Crippen molar-refractivity contribution in [3.63, 3.8) is 0 Å². The molecule has 1 aliphatic heterocycles. The van der Waals surface area contributed by atoms with E-state index >= 15 is 0 Å². The molecule has 4 N–H and O–H groups in total. The zero-order valence-corrected chi connectivity index (χ0v) is 41.3. The maximum atomic E-state index is 14.5. The van der Waals surface area contributed by atoms with Crippen molar-refractivity contribution >= 4 is 35.7 Å². The fraction of sp³-hybridized carbons (Fsp3) is 0.750. The Morgan fingerprint density at radius 2 is 1.50 bits per heavy atom. The lowest BCUT2D eigenvalue weighted by Crippen LogP contribution is -2.60. The number of carboxylic acid groups (broad SMARTS) is 1. The van der Waals surface area contributed by atoms with Gasteiger partial charge in [0, 0.05) is 47.8 Å². The predicted molar refractivity (Wildman–Crippen MR) is 247 cm³/mol. The van der Waals surface area contributed by atoms with Crippen molar-refractivity contribution in [2.75, 3.05) is 47.9 Å². The number of likely N-dealkylation sites (N-methyl/N-ethyl adjacent to an activating group) is 1. The lowest BCUT2D eigenvalue weighted by molar-refractivity contribution is -0.148. The standard InChI is InChI=1S/C48H82N6O10/c1-15-32(6)41(53(12)45(58)40(31(4)5)51-44(57)39(30(2)3)49-25-19-20-26-52(11)47(61)64-48(8,9)10)37(62-13)29-38(55)54-27-21-24-36(54)42(63-14)33(7)43(56)50-35(46(59)60)28-34-22-17-16-18-23-34/h16-18,22-23,30-33,35-37,39-42,49H,15,19-21,24-29H2,1-14H3,(H,50,56)(H,51,57)(H,59,60)/t32-,33+,35-,36-,37+,39-,40-,41-,42+/m0/s1. The third-order valence-corrected chi connectivity index (χ3v) is 12.3. The number of likely N-dealkylation sites (tertiary alicyclic amines) is 1. The first kappa shape index (κ1) is 55.9. The molecule has 0 aromatic heterocycles. The molecule has 16 nitrogen and oxygen atoms in total. The number of rotatable bonds is 26. The highest BCUT2D eigenvalue weighted by Gasteiger charge is 2.43. The van der Waals surface area contributed by atoms with Crippen LogP contribution in [0.3, 0.4) is 0 Å². The Morgan fingerprint density at radius 3 is 2.03 bits per heavy atom. The van der Waals surface area contributed by atoms with Crippen LogP contribution < -0.4 is 16.0 Å². The van der Waals surface area contributed by atoms with E-state index in [1.165, 1.54) is 14.2 Å². The first-order chi connectivity index (χ1) is 30.0. The number of nitrogens with zero attached hydrogens (tertiary/aromatic N) is 3. The van der Waals surface area contributed by atoms with E-state index in [1.54, 1.807) is 35.7 Å². The topological polar surface area (TPSA) is 196 Å². The summed E-state index contributed by atoms with van der Waals surface area (Å²) in [6, 6.07) is 5.55. The average Bonchev–Trinajstić information content (AvgIpc) is 3.72. The minimum Gasteiger partial charge on any atom is -0.480 e. The third-order valence-electron chi connectivity index (χ3n) is 12.3. The lowest BCUT2D eigenvalue weighted by Gasteiger charge is -2.41. The van der Waals surface area contributed by atoms with Crippen LogP contribution in [0.1, 0.15) is 113 Å². The van der Waals surface area contributed by atoms with E-state index in [0.29, 0.717) is 51.7 Å². The van der Waals surface area contributed by atoms with Gasteiger partial charge in [-0.15, -0.1) is 0 Å². The molecule has 64 heavy (non-hydrogen) atoms. The number of aliphatic carboxylic acids is 1. The number of unbranched alkanes of at least 4 members (excludes halogenated alkanes) is 1. The number of carboxylic acids is 1. The maximum Gasteiger partial charge on any atom is 0.410 e. The van der Waals surface area contributed by atoms with Gasteiger partial charge in [0.05, 0.1) is 42.7 Å². The number of carbonyl (C=O) groups is 6. The summed E-state index contributed by atoms with van der Waals surface area (Å²) in [6.45, 7) is 20.3. The minimum atomic E-state index is -1.15. The molecule has 1 heterocycles. The number of methoxy groups -OCH3 is 2.